The number of hydrogen-bond acceptors (Lipinski definition) is 3. The smallest absolute Gasteiger partial charge is 0.0791 e. The van der Waals surface area contributed by atoms with E-state index in [2.05, 4.69) is 31.0 Å². The third kappa shape index (κ3) is 4.09. The van der Waals surface area contributed by atoms with Gasteiger partial charge in [-0.3, -0.25) is 4.90 Å². The van der Waals surface area contributed by atoms with Gasteiger partial charge in [-0.15, -0.1) is 0 Å². The van der Waals surface area contributed by atoms with E-state index < -0.39 is 0 Å². The summed E-state index contributed by atoms with van der Waals surface area (Å²) in [6.07, 6.45) is 3.58. The molecule has 15 heavy (non-hydrogen) atoms. The summed E-state index contributed by atoms with van der Waals surface area (Å²) in [5.74, 6) is 0. The number of β-amino-alcohol motifs (C(OH)–C–C–N with tert-alkyl or cyclic N) is 1. The second kappa shape index (κ2) is 5.83. The quantitative estimate of drug-likeness (QED) is 0.691. The first-order valence-electron chi connectivity index (χ1n) is 6.20. The molecule has 0 aromatic carbocycles. The van der Waals surface area contributed by atoms with Gasteiger partial charge in [-0.1, -0.05) is 19.8 Å². The summed E-state index contributed by atoms with van der Waals surface area (Å²) < 4.78 is 0. The Morgan fingerprint density at radius 2 is 2.13 bits per heavy atom. The molecule has 1 rings (SSSR count). The van der Waals surface area contributed by atoms with Crippen LogP contribution >= 0.6 is 0 Å². The Hall–Kier alpha value is -0.120. The van der Waals surface area contributed by atoms with Gasteiger partial charge in [-0.2, -0.15) is 0 Å². The van der Waals surface area contributed by atoms with Crippen molar-refractivity contribution in [2.45, 2.75) is 51.7 Å². The van der Waals surface area contributed by atoms with Crippen LogP contribution in [0.2, 0.25) is 0 Å². The number of rotatable bonds is 4. The number of aliphatic hydroxyl groups is 1. The molecular weight excluding hydrogens is 188 g/mol. The first-order chi connectivity index (χ1) is 7.06. The van der Waals surface area contributed by atoms with Crippen LogP contribution in [0.3, 0.4) is 0 Å². The molecule has 0 bridgehead atoms. The second-order valence-corrected chi connectivity index (χ2v) is 5.25. The Morgan fingerprint density at radius 3 is 2.80 bits per heavy atom. The Morgan fingerprint density at radius 1 is 1.40 bits per heavy atom. The molecule has 1 aliphatic rings. The molecule has 2 N–H and O–H groups in total. The Kier molecular flexibility index (Phi) is 5.03. The van der Waals surface area contributed by atoms with Crippen molar-refractivity contribution in [1.29, 1.82) is 0 Å². The average Bonchev–Trinajstić information content (AvgIpc) is 2.27. The molecule has 3 nitrogen and oxygen atoms in total. The summed E-state index contributed by atoms with van der Waals surface area (Å²) in [5.41, 5.74) is 0.172. The van der Waals surface area contributed by atoms with Gasteiger partial charge >= 0.3 is 0 Å². The number of nitrogens with zero attached hydrogens (tertiary/aromatic N) is 1. The highest BCUT2D eigenvalue weighted by atomic mass is 16.3. The van der Waals surface area contributed by atoms with E-state index in [0.717, 1.165) is 26.2 Å². The largest absolute Gasteiger partial charge is 0.390 e. The van der Waals surface area contributed by atoms with E-state index in [1.807, 2.05) is 0 Å². The molecule has 3 heteroatoms. The highest BCUT2D eigenvalue weighted by Crippen LogP contribution is 2.17. The van der Waals surface area contributed by atoms with E-state index in [9.17, 15) is 5.11 Å². The number of hydrogen-bond donors (Lipinski definition) is 2. The third-order valence-electron chi connectivity index (χ3n) is 3.26. The van der Waals surface area contributed by atoms with E-state index in [4.69, 9.17) is 0 Å². The molecule has 0 spiro atoms. The summed E-state index contributed by atoms with van der Waals surface area (Å²) in [6.45, 7) is 10.4. The van der Waals surface area contributed by atoms with Crippen molar-refractivity contribution in [1.82, 2.24) is 10.2 Å². The van der Waals surface area contributed by atoms with Gasteiger partial charge < -0.3 is 10.4 Å². The summed E-state index contributed by atoms with van der Waals surface area (Å²) in [4.78, 5) is 2.42. The molecule has 90 valence electrons. The van der Waals surface area contributed by atoms with Gasteiger partial charge in [0.05, 0.1) is 6.10 Å². The molecule has 0 aliphatic carbocycles. The van der Waals surface area contributed by atoms with Crippen LogP contribution < -0.4 is 5.32 Å². The molecule has 1 aliphatic heterocycles. The van der Waals surface area contributed by atoms with Crippen LogP contribution in [0.25, 0.3) is 0 Å². The van der Waals surface area contributed by atoms with E-state index in [0.29, 0.717) is 0 Å². The van der Waals surface area contributed by atoms with Crippen LogP contribution in [0, 0.1) is 0 Å². The molecule has 0 amide bonds. The van der Waals surface area contributed by atoms with E-state index in [-0.39, 0.29) is 11.6 Å². The van der Waals surface area contributed by atoms with Crippen LogP contribution in [-0.2, 0) is 0 Å². The monoisotopic (exact) mass is 214 g/mol. The maximum atomic E-state index is 9.74. The predicted molar refractivity (Wildman–Crippen MR) is 64.1 cm³/mol. The van der Waals surface area contributed by atoms with Crippen LogP contribution in [0.4, 0.5) is 0 Å². The van der Waals surface area contributed by atoms with Crippen molar-refractivity contribution in [3.05, 3.63) is 0 Å². The molecule has 0 saturated carbocycles. The van der Waals surface area contributed by atoms with Crippen molar-refractivity contribution in [3.8, 4) is 0 Å². The molecule has 0 aromatic heterocycles. The first kappa shape index (κ1) is 12.9. The lowest BCUT2D eigenvalue weighted by molar-refractivity contribution is 0.0754. The maximum absolute atomic E-state index is 9.74. The fraction of sp³-hybridized carbons (Fsp3) is 1.00. The lowest BCUT2D eigenvalue weighted by atomic mass is 10.0. The SMILES string of the molecule is CCCCCN1CC(O)CNCC1(C)C. The minimum Gasteiger partial charge on any atom is -0.390 e. The lowest BCUT2D eigenvalue weighted by Crippen LogP contribution is -2.49. The van der Waals surface area contributed by atoms with Gasteiger partial charge in [0.2, 0.25) is 0 Å². The van der Waals surface area contributed by atoms with Crippen LogP contribution in [0.1, 0.15) is 40.0 Å². The van der Waals surface area contributed by atoms with Crippen molar-refractivity contribution in [3.63, 3.8) is 0 Å². The standard InChI is InChI=1S/C12H26N2O/c1-4-5-6-7-14-9-11(15)8-13-10-12(14,2)3/h11,13,15H,4-10H2,1-3H3. The van der Waals surface area contributed by atoms with E-state index >= 15 is 0 Å². The van der Waals surface area contributed by atoms with E-state index in [1.165, 1.54) is 19.3 Å². The normalized spacial score (nSPS) is 27.6. The minimum atomic E-state index is -0.214. The van der Waals surface area contributed by atoms with Crippen molar-refractivity contribution >= 4 is 0 Å². The minimum absolute atomic E-state index is 0.172. The van der Waals surface area contributed by atoms with Crippen LogP contribution in [-0.4, -0.2) is 47.8 Å². The summed E-state index contributed by atoms with van der Waals surface area (Å²) in [6, 6.07) is 0. The van der Waals surface area contributed by atoms with Gasteiger partial charge in [-0.05, 0) is 26.8 Å². The second-order valence-electron chi connectivity index (χ2n) is 5.25. The van der Waals surface area contributed by atoms with Crippen molar-refractivity contribution < 1.29 is 5.11 Å². The number of unbranched alkanes of at least 4 members (excludes halogenated alkanes) is 2. The summed E-state index contributed by atoms with van der Waals surface area (Å²) >= 11 is 0. The fourth-order valence-electron chi connectivity index (χ4n) is 2.17. The van der Waals surface area contributed by atoms with Gasteiger partial charge in [-0.25, -0.2) is 0 Å². The molecule has 0 aromatic rings. The number of aliphatic hydroxyl groups excluding tert-OH is 1. The molecule has 1 fully saturated rings. The van der Waals surface area contributed by atoms with Crippen LogP contribution in [0.5, 0.6) is 0 Å². The van der Waals surface area contributed by atoms with Crippen LogP contribution in [0.15, 0.2) is 0 Å². The molecule has 1 heterocycles. The highest BCUT2D eigenvalue weighted by Gasteiger charge is 2.30. The Balaban J connectivity index is 2.47. The molecule has 1 unspecified atom stereocenters. The maximum Gasteiger partial charge on any atom is 0.0791 e. The molecule has 1 atom stereocenters. The predicted octanol–water partition coefficient (Wildman–Crippen LogP) is 1.22. The first-order valence-corrected chi connectivity index (χ1v) is 6.20. The zero-order valence-electron chi connectivity index (χ0n) is 10.4. The Labute approximate surface area is 93.9 Å². The highest BCUT2D eigenvalue weighted by molar-refractivity contribution is 4.88. The zero-order chi connectivity index (χ0) is 11.3. The topological polar surface area (TPSA) is 35.5 Å². The van der Waals surface area contributed by atoms with Crippen molar-refractivity contribution in [2.75, 3.05) is 26.2 Å². The van der Waals surface area contributed by atoms with E-state index in [1.54, 1.807) is 0 Å². The lowest BCUT2D eigenvalue weighted by Gasteiger charge is -2.37. The van der Waals surface area contributed by atoms with Gasteiger partial charge in [0.25, 0.3) is 0 Å². The van der Waals surface area contributed by atoms with Gasteiger partial charge in [0.15, 0.2) is 0 Å². The number of nitrogens with one attached hydrogen (secondary N) is 1. The zero-order valence-corrected chi connectivity index (χ0v) is 10.4. The summed E-state index contributed by atoms with van der Waals surface area (Å²) in [5, 5.41) is 13.1. The van der Waals surface area contributed by atoms with Crippen molar-refractivity contribution in [2.24, 2.45) is 0 Å². The molecule has 0 radical (unpaired) electrons. The Bertz CT molecular complexity index is 182. The molecule has 1 saturated heterocycles. The average molecular weight is 214 g/mol. The van der Waals surface area contributed by atoms with Gasteiger partial charge in [0, 0.05) is 25.2 Å². The third-order valence-corrected chi connectivity index (χ3v) is 3.26. The fourth-order valence-corrected chi connectivity index (χ4v) is 2.17. The molecular formula is C12H26N2O. The summed E-state index contributed by atoms with van der Waals surface area (Å²) in [7, 11) is 0. The van der Waals surface area contributed by atoms with Gasteiger partial charge in [0.1, 0.15) is 0 Å².